The van der Waals surface area contributed by atoms with Crippen molar-refractivity contribution in [3.05, 3.63) is 65.7 Å². The van der Waals surface area contributed by atoms with Crippen LogP contribution in [0.5, 0.6) is 0 Å². The molecule has 126 valence electrons. The van der Waals surface area contributed by atoms with E-state index >= 15 is 0 Å². The van der Waals surface area contributed by atoms with E-state index in [0.29, 0.717) is 10.7 Å². The molecular weight excluding hydrogens is 320 g/mol. The molecular formula is C19H22N2O2S. The van der Waals surface area contributed by atoms with Gasteiger partial charge in [-0.3, -0.25) is 0 Å². The molecule has 4 nitrogen and oxygen atoms in total. The van der Waals surface area contributed by atoms with Gasteiger partial charge in [-0.15, -0.1) is 0 Å². The predicted molar refractivity (Wildman–Crippen MR) is 101 cm³/mol. The number of carbonyl (C=O) groups excluding carboxylic acids is 1. The highest BCUT2D eigenvalue weighted by atomic mass is 32.1. The summed E-state index contributed by atoms with van der Waals surface area (Å²) in [5.74, 6) is -0.319. The molecule has 0 aromatic heterocycles. The molecule has 24 heavy (non-hydrogen) atoms. The van der Waals surface area contributed by atoms with E-state index in [1.54, 1.807) is 12.1 Å². The van der Waals surface area contributed by atoms with Crippen LogP contribution >= 0.6 is 12.2 Å². The minimum absolute atomic E-state index is 0.128. The van der Waals surface area contributed by atoms with Gasteiger partial charge in [-0.2, -0.15) is 0 Å². The third-order valence-electron chi connectivity index (χ3n) is 3.26. The van der Waals surface area contributed by atoms with Crippen LogP contribution in [0.2, 0.25) is 0 Å². The molecule has 0 fully saturated rings. The number of anilines is 1. The van der Waals surface area contributed by atoms with Gasteiger partial charge in [0.1, 0.15) is 0 Å². The van der Waals surface area contributed by atoms with E-state index in [9.17, 15) is 4.79 Å². The molecule has 0 unspecified atom stereocenters. The Kier molecular flexibility index (Phi) is 6.75. The summed E-state index contributed by atoms with van der Waals surface area (Å²) < 4.78 is 5.15. The van der Waals surface area contributed by atoms with E-state index in [1.165, 1.54) is 5.56 Å². The molecule has 0 aliphatic carbocycles. The molecule has 0 bridgehead atoms. The third-order valence-corrected chi connectivity index (χ3v) is 3.51. The molecule has 0 atom stereocenters. The number of ether oxygens (including phenoxy) is 1. The van der Waals surface area contributed by atoms with Crippen molar-refractivity contribution >= 4 is 29.0 Å². The van der Waals surface area contributed by atoms with Gasteiger partial charge in [0.15, 0.2) is 5.11 Å². The summed E-state index contributed by atoms with van der Waals surface area (Å²) in [5, 5.41) is 6.83. The van der Waals surface area contributed by atoms with Crippen molar-refractivity contribution in [1.82, 2.24) is 5.32 Å². The van der Waals surface area contributed by atoms with Crippen LogP contribution < -0.4 is 10.6 Å². The quantitative estimate of drug-likeness (QED) is 0.618. The largest absolute Gasteiger partial charge is 0.459 e. The average Bonchev–Trinajstić information content (AvgIpc) is 2.56. The fourth-order valence-corrected chi connectivity index (χ4v) is 2.33. The van der Waals surface area contributed by atoms with E-state index in [2.05, 4.69) is 22.8 Å². The van der Waals surface area contributed by atoms with E-state index in [-0.39, 0.29) is 12.1 Å². The zero-order valence-electron chi connectivity index (χ0n) is 13.9. The number of benzene rings is 2. The van der Waals surface area contributed by atoms with Crippen molar-refractivity contribution < 1.29 is 9.53 Å². The highest BCUT2D eigenvalue weighted by molar-refractivity contribution is 7.80. The molecule has 0 aliphatic rings. The van der Waals surface area contributed by atoms with Crippen LogP contribution in [0.25, 0.3) is 0 Å². The van der Waals surface area contributed by atoms with Crippen LogP contribution in [-0.2, 0) is 11.2 Å². The smallest absolute Gasteiger partial charge is 0.338 e. The zero-order valence-corrected chi connectivity index (χ0v) is 14.7. The average molecular weight is 342 g/mol. The summed E-state index contributed by atoms with van der Waals surface area (Å²) >= 11 is 5.28. The normalized spacial score (nSPS) is 10.3. The topological polar surface area (TPSA) is 50.4 Å². The fourth-order valence-electron chi connectivity index (χ4n) is 2.11. The second-order valence-electron chi connectivity index (χ2n) is 5.65. The first kappa shape index (κ1) is 17.9. The van der Waals surface area contributed by atoms with E-state index in [0.717, 1.165) is 18.7 Å². The molecule has 2 aromatic rings. The Morgan fingerprint density at radius 2 is 1.75 bits per heavy atom. The van der Waals surface area contributed by atoms with E-state index in [4.69, 9.17) is 17.0 Å². The van der Waals surface area contributed by atoms with Gasteiger partial charge in [0, 0.05) is 12.2 Å². The van der Waals surface area contributed by atoms with Gasteiger partial charge in [0.25, 0.3) is 0 Å². The van der Waals surface area contributed by atoms with Crippen molar-refractivity contribution in [2.75, 3.05) is 11.9 Å². The summed E-state index contributed by atoms with van der Waals surface area (Å²) in [6, 6.07) is 17.3. The van der Waals surface area contributed by atoms with Gasteiger partial charge in [0.2, 0.25) is 0 Å². The first-order valence-corrected chi connectivity index (χ1v) is 8.35. The number of esters is 1. The number of thiocarbonyl (C=S) groups is 1. The van der Waals surface area contributed by atoms with Crippen LogP contribution in [0, 0.1) is 0 Å². The highest BCUT2D eigenvalue weighted by Gasteiger charge is 2.08. The van der Waals surface area contributed by atoms with Gasteiger partial charge in [-0.1, -0.05) is 30.3 Å². The Morgan fingerprint density at radius 1 is 1.08 bits per heavy atom. The first-order chi connectivity index (χ1) is 11.5. The summed E-state index contributed by atoms with van der Waals surface area (Å²) in [5.41, 5.74) is 2.62. The summed E-state index contributed by atoms with van der Waals surface area (Å²) in [4.78, 5) is 11.8. The van der Waals surface area contributed by atoms with Gasteiger partial charge in [-0.25, -0.2) is 4.79 Å². The lowest BCUT2D eigenvalue weighted by Gasteiger charge is -2.11. The van der Waals surface area contributed by atoms with Crippen LogP contribution in [-0.4, -0.2) is 23.7 Å². The minimum atomic E-state index is -0.319. The zero-order chi connectivity index (χ0) is 17.4. The predicted octanol–water partition coefficient (Wildman–Crippen LogP) is 3.78. The molecule has 5 heteroatoms. The van der Waals surface area contributed by atoms with Gasteiger partial charge < -0.3 is 15.4 Å². The maximum atomic E-state index is 11.8. The first-order valence-electron chi connectivity index (χ1n) is 7.94. The van der Waals surface area contributed by atoms with Crippen molar-refractivity contribution in [2.24, 2.45) is 0 Å². The molecule has 0 spiro atoms. The molecule has 0 heterocycles. The second kappa shape index (κ2) is 9.03. The summed E-state index contributed by atoms with van der Waals surface area (Å²) in [6.45, 7) is 4.41. The lowest BCUT2D eigenvalue weighted by molar-refractivity contribution is 0.0378. The van der Waals surface area contributed by atoms with E-state index < -0.39 is 0 Å². The number of hydrogen-bond donors (Lipinski definition) is 2. The maximum Gasteiger partial charge on any atom is 0.338 e. The molecule has 0 saturated carbocycles. The summed E-state index contributed by atoms with van der Waals surface area (Å²) in [7, 11) is 0. The fraction of sp³-hybridized carbons (Fsp3) is 0.263. The Bertz CT molecular complexity index is 670. The van der Waals surface area contributed by atoms with Crippen molar-refractivity contribution in [1.29, 1.82) is 0 Å². The van der Waals surface area contributed by atoms with Gasteiger partial charge >= 0.3 is 5.97 Å². The molecule has 0 radical (unpaired) electrons. The molecule has 0 amide bonds. The van der Waals surface area contributed by atoms with Gasteiger partial charge in [0.05, 0.1) is 11.7 Å². The van der Waals surface area contributed by atoms with E-state index in [1.807, 2.05) is 44.2 Å². The second-order valence-corrected chi connectivity index (χ2v) is 6.06. The number of nitrogens with one attached hydrogen (secondary N) is 2. The van der Waals surface area contributed by atoms with Crippen molar-refractivity contribution in [3.8, 4) is 0 Å². The SMILES string of the molecule is CC(C)OC(=O)c1ccc(NC(=S)NCCc2ccccc2)cc1. The van der Waals surface area contributed by atoms with Crippen molar-refractivity contribution in [2.45, 2.75) is 26.4 Å². The lowest BCUT2D eigenvalue weighted by Crippen LogP contribution is -2.30. The third kappa shape index (κ3) is 6.01. The molecule has 2 N–H and O–H groups in total. The number of rotatable bonds is 6. The van der Waals surface area contributed by atoms with Crippen LogP contribution in [0.1, 0.15) is 29.8 Å². The number of hydrogen-bond acceptors (Lipinski definition) is 3. The lowest BCUT2D eigenvalue weighted by atomic mass is 10.1. The van der Waals surface area contributed by atoms with Crippen LogP contribution in [0.15, 0.2) is 54.6 Å². The standard InChI is InChI=1S/C19H22N2O2S/c1-14(2)23-18(22)16-8-10-17(11-9-16)21-19(24)20-13-12-15-6-4-3-5-7-15/h3-11,14H,12-13H2,1-2H3,(H2,20,21,24). The molecule has 2 rings (SSSR count). The Morgan fingerprint density at radius 3 is 2.38 bits per heavy atom. The highest BCUT2D eigenvalue weighted by Crippen LogP contribution is 2.11. The molecule has 2 aromatic carbocycles. The van der Waals surface area contributed by atoms with Crippen LogP contribution in [0.3, 0.4) is 0 Å². The Balaban J connectivity index is 1.78. The maximum absolute atomic E-state index is 11.8. The molecule has 0 aliphatic heterocycles. The van der Waals surface area contributed by atoms with Crippen LogP contribution in [0.4, 0.5) is 5.69 Å². The number of carbonyl (C=O) groups is 1. The van der Waals surface area contributed by atoms with Gasteiger partial charge in [-0.05, 0) is 62.3 Å². The molecule has 0 saturated heterocycles. The Hall–Kier alpha value is -2.40. The Labute approximate surface area is 148 Å². The summed E-state index contributed by atoms with van der Waals surface area (Å²) in [6.07, 6.45) is 0.777. The van der Waals surface area contributed by atoms with Crippen molar-refractivity contribution in [3.63, 3.8) is 0 Å². The minimum Gasteiger partial charge on any atom is -0.459 e. The monoisotopic (exact) mass is 342 g/mol.